The monoisotopic (exact) mass is 248 g/mol. The number of nitrogens with one attached hydrogen (secondary N) is 3. The third-order valence-corrected chi connectivity index (χ3v) is 2.81. The Hall–Kier alpha value is -2.04. The topological polar surface area (TPSA) is 68.2 Å². The SMILES string of the molecule is CCN(C)C(=N)NC(=O)Nc1c(C)cccc1C. The molecule has 0 saturated carbocycles. The van der Waals surface area contributed by atoms with E-state index >= 15 is 0 Å². The van der Waals surface area contributed by atoms with Gasteiger partial charge in [0.05, 0.1) is 0 Å². The molecule has 0 aliphatic carbocycles. The van der Waals surface area contributed by atoms with Crippen molar-refractivity contribution in [1.82, 2.24) is 10.2 Å². The van der Waals surface area contributed by atoms with Crippen molar-refractivity contribution in [3.8, 4) is 0 Å². The molecule has 3 N–H and O–H groups in total. The summed E-state index contributed by atoms with van der Waals surface area (Å²) < 4.78 is 0. The number of urea groups is 1. The van der Waals surface area contributed by atoms with Crippen LogP contribution in [0.1, 0.15) is 18.1 Å². The van der Waals surface area contributed by atoms with Gasteiger partial charge in [-0.25, -0.2) is 4.79 Å². The molecule has 0 radical (unpaired) electrons. The lowest BCUT2D eigenvalue weighted by molar-refractivity contribution is 0.255. The van der Waals surface area contributed by atoms with Crippen LogP contribution in [0.2, 0.25) is 0 Å². The van der Waals surface area contributed by atoms with Crippen molar-refractivity contribution < 1.29 is 4.79 Å². The van der Waals surface area contributed by atoms with Crippen LogP contribution in [0, 0.1) is 19.3 Å². The Kier molecular flexibility index (Phi) is 4.71. The zero-order chi connectivity index (χ0) is 13.7. The van der Waals surface area contributed by atoms with Gasteiger partial charge in [0.15, 0.2) is 5.96 Å². The summed E-state index contributed by atoms with van der Waals surface area (Å²) in [7, 11) is 1.75. The lowest BCUT2D eigenvalue weighted by atomic mass is 10.1. The molecule has 0 aliphatic rings. The van der Waals surface area contributed by atoms with Gasteiger partial charge in [-0.05, 0) is 31.9 Å². The zero-order valence-electron chi connectivity index (χ0n) is 11.3. The molecule has 5 heteroatoms. The van der Waals surface area contributed by atoms with E-state index in [4.69, 9.17) is 5.41 Å². The average molecular weight is 248 g/mol. The summed E-state index contributed by atoms with van der Waals surface area (Å²) in [4.78, 5) is 13.4. The van der Waals surface area contributed by atoms with E-state index in [2.05, 4.69) is 10.6 Å². The molecule has 18 heavy (non-hydrogen) atoms. The summed E-state index contributed by atoms with van der Waals surface area (Å²) in [5.74, 6) is 0.0845. The highest BCUT2D eigenvalue weighted by molar-refractivity contribution is 6.01. The maximum absolute atomic E-state index is 11.8. The van der Waals surface area contributed by atoms with Crippen LogP contribution in [0.15, 0.2) is 18.2 Å². The predicted molar refractivity (Wildman–Crippen MR) is 74.1 cm³/mol. The van der Waals surface area contributed by atoms with Gasteiger partial charge < -0.3 is 10.2 Å². The molecule has 0 aromatic heterocycles. The maximum atomic E-state index is 11.8. The molecule has 0 atom stereocenters. The highest BCUT2D eigenvalue weighted by atomic mass is 16.2. The minimum atomic E-state index is -0.391. The van der Waals surface area contributed by atoms with E-state index in [9.17, 15) is 4.79 Å². The molecule has 0 spiro atoms. The van der Waals surface area contributed by atoms with Crippen LogP contribution in [0.4, 0.5) is 10.5 Å². The summed E-state index contributed by atoms with van der Waals surface area (Å²) in [5.41, 5.74) is 2.79. The summed E-state index contributed by atoms with van der Waals surface area (Å²) in [6.45, 7) is 6.46. The Morgan fingerprint density at radius 3 is 2.39 bits per heavy atom. The van der Waals surface area contributed by atoms with E-state index < -0.39 is 6.03 Å². The zero-order valence-corrected chi connectivity index (χ0v) is 11.3. The third kappa shape index (κ3) is 3.48. The van der Waals surface area contributed by atoms with Crippen LogP contribution in [0.5, 0.6) is 0 Å². The van der Waals surface area contributed by atoms with Gasteiger partial charge >= 0.3 is 6.03 Å². The predicted octanol–water partition coefficient (Wildman–Crippen LogP) is 2.31. The minimum absolute atomic E-state index is 0.0845. The lowest BCUT2D eigenvalue weighted by Crippen LogP contribution is -2.43. The summed E-state index contributed by atoms with van der Waals surface area (Å²) >= 11 is 0. The maximum Gasteiger partial charge on any atom is 0.326 e. The molecule has 0 saturated heterocycles. The van der Waals surface area contributed by atoms with Crippen molar-refractivity contribution in [2.45, 2.75) is 20.8 Å². The molecular formula is C13H20N4O. The normalized spacial score (nSPS) is 9.78. The van der Waals surface area contributed by atoms with E-state index in [0.717, 1.165) is 16.8 Å². The van der Waals surface area contributed by atoms with Crippen molar-refractivity contribution in [2.75, 3.05) is 18.9 Å². The molecule has 1 rings (SSSR count). The number of carbonyl (C=O) groups excluding carboxylic acids is 1. The van der Waals surface area contributed by atoms with Crippen LogP contribution in [-0.4, -0.2) is 30.5 Å². The van der Waals surface area contributed by atoms with Crippen molar-refractivity contribution >= 4 is 17.7 Å². The highest BCUT2D eigenvalue weighted by Gasteiger charge is 2.10. The second kappa shape index (κ2) is 6.05. The van der Waals surface area contributed by atoms with Gasteiger partial charge in [0.1, 0.15) is 0 Å². The van der Waals surface area contributed by atoms with Gasteiger partial charge in [0.25, 0.3) is 0 Å². The molecule has 98 valence electrons. The fourth-order valence-corrected chi connectivity index (χ4v) is 1.52. The van der Waals surface area contributed by atoms with Crippen LogP contribution in [0.3, 0.4) is 0 Å². The number of hydrogen-bond acceptors (Lipinski definition) is 2. The summed E-state index contributed by atoms with van der Waals surface area (Å²) in [6, 6.07) is 5.43. The van der Waals surface area contributed by atoms with Crippen LogP contribution in [-0.2, 0) is 0 Å². The largest absolute Gasteiger partial charge is 0.346 e. The molecule has 1 aromatic carbocycles. The van der Waals surface area contributed by atoms with E-state index in [1.165, 1.54) is 0 Å². The Bertz CT molecular complexity index is 436. The smallest absolute Gasteiger partial charge is 0.326 e. The Morgan fingerprint density at radius 1 is 1.33 bits per heavy atom. The number of nitrogens with zero attached hydrogens (tertiary/aromatic N) is 1. The number of benzene rings is 1. The van der Waals surface area contributed by atoms with Crippen molar-refractivity contribution in [1.29, 1.82) is 5.41 Å². The summed E-state index contributed by atoms with van der Waals surface area (Å²) in [6.07, 6.45) is 0. The number of guanidine groups is 1. The van der Waals surface area contributed by atoms with Gasteiger partial charge in [-0.3, -0.25) is 10.7 Å². The first kappa shape index (κ1) is 14.0. The van der Waals surface area contributed by atoms with Crippen LogP contribution < -0.4 is 10.6 Å². The molecule has 0 bridgehead atoms. The molecule has 0 fully saturated rings. The average Bonchev–Trinajstić information content (AvgIpc) is 2.32. The molecule has 5 nitrogen and oxygen atoms in total. The number of anilines is 1. The molecular weight excluding hydrogens is 228 g/mol. The van der Waals surface area contributed by atoms with Gasteiger partial charge in [0.2, 0.25) is 0 Å². The second-order valence-electron chi connectivity index (χ2n) is 4.21. The number of rotatable bonds is 2. The highest BCUT2D eigenvalue weighted by Crippen LogP contribution is 2.18. The lowest BCUT2D eigenvalue weighted by Gasteiger charge is -2.19. The number of amides is 2. The number of carbonyl (C=O) groups is 1. The third-order valence-electron chi connectivity index (χ3n) is 2.81. The van der Waals surface area contributed by atoms with Crippen molar-refractivity contribution in [3.05, 3.63) is 29.3 Å². The van der Waals surface area contributed by atoms with E-state index in [1.54, 1.807) is 11.9 Å². The number of para-hydroxylation sites is 1. The summed E-state index contributed by atoms with van der Waals surface area (Å²) in [5, 5.41) is 12.9. The van der Waals surface area contributed by atoms with Gasteiger partial charge in [0, 0.05) is 19.3 Å². The molecule has 2 amide bonds. The quantitative estimate of drug-likeness (QED) is 0.555. The van der Waals surface area contributed by atoms with Gasteiger partial charge in [-0.1, -0.05) is 18.2 Å². The Balaban J connectivity index is 2.68. The first-order chi connectivity index (χ1) is 8.45. The Morgan fingerprint density at radius 2 is 1.89 bits per heavy atom. The van der Waals surface area contributed by atoms with E-state index in [-0.39, 0.29) is 5.96 Å². The molecule has 1 aromatic rings. The molecule has 0 unspecified atom stereocenters. The van der Waals surface area contributed by atoms with Crippen LogP contribution in [0.25, 0.3) is 0 Å². The first-order valence-corrected chi connectivity index (χ1v) is 5.89. The van der Waals surface area contributed by atoms with Crippen LogP contribution >= 0.6 is 0 Å². The molecule has 0 heterocycles. The minimum Gasteiger partial charge on any atom is -0.346 e. The second-order valence-corrected chi connectivity index (χ2v) is 4.21. The fourth-order valence-electron chi connectivity index (χ4n) is 1.52. The van der Waals surface area contributed by atoms with E-state index in [1.807, 2.05) is 39.0 Å². The number of aryl methyl sites for hydroxylation is 2. The number of hydrogen-bond donors (Lipinski definition) is 3. The van der Waals surface area contributed by atoms with Gasteiger partial charge in [-0.15, -0.1) is 0 Å². The first-order valence-electron chi connectivity index (χ1n) is 5.89. The van der Waals surface area contributed by atoms with Crippen molar-refractivity contribution in [3.63, 3.8) is 0 Å². The Labute approximate surface area is 108 Å². The van der Waals surface area contributed by atoms with Gasteiger partial charge in [-0.2, -0.15) is 0 Å². The van der Waals surface area contributed by atoms with Crippen molar-refractivity contribution in [2.24, 2.45) is 0 Å². The standard InChI is InChI=1S/C13H20N4O/c1-5-17(4)12(14)16-13(18)15-11-9(2)7-6-8-10(11)3/h6-8H,5H2,1-4H3,(H3,14,15,16,18). The molecule has 0 aliphatic heterocycles. The fraction of sp³-hybridized carbons (Fsp3) is 0.385. The van der Waals surface area contributed by atoms with E-state index in [0.29, 0.717) is 6.54 Å².